The van der Waals surface area contributed by atoms with E-state index in [4.69, 9.17) is 0 Å². The first kappa shape index (κ1) is 12.8. The normalized spacial score (nSPS) is 13.8. The van der Waals surface area contributed by atoms with E-state index in [-0.39, 0.29) is 18.1 Å². The molecule has 2 aromatic rings. The van der Waals surface area contributed by atoms with Crippen LogP contribution in [0.1, 0.15) is 16.8 Å². The standard InChI is InChI=1S/C14H15FN4O/c15-10-3-1-2-9(6-10)7-13(20)17-14-11-4-5-16-8-12(11)18-19-14/h1-3,6,16H,4-5,7-8H2,(H2,17,18,19,20). The molecule has 1 aliphatic heterocycles. The van der Waals surface area contributed by atoms with Gasteiger partial charge in [0, 0.05) is 12.1 Å². The van der Waals surface area contributed by atoms with Crippen molar-refractivity contribution in [3.8, 4) is 0 Å². The van der Waals surface area contributed by atoms with E-state index in [0.717, 1.165) is 30.8 Å². The Morgan fingerprint density at radius 1 is 1.45 bits per heavy atom. The molecule has 5 nitrogen and oxygen atoms in total. The van der Waals surface area contributed by atoms with Crippen molar-refractivity contribution >= 4 is 11.7 Å². The van der Waals surface area contributed by atoms with Gasteiger partial charge >= 0.3 is 0 Å². The second-order valence-electron chi connectivity index (χ2n) is 4.81. The van der Waals surface area contributed by atoms with Crippen LogP contribution in [0.15, 0.2) is 24.3 Å². The molecule has 6 heteroatoms. The average Bonchev–Trinajstić information content (AvgIpc) is 2.82. The van der Waals surface area contributed by atoms with Crippen molar-refractivity contribution < 1.29 is 9.18 Å². The summed E-state index contributed by atoms with van der Waals surface area (Å²) in [4.78, 5) is 12.0. The fraction of sp³-hybridized carbons (Fsp3) is 0.286. The number of nitrogens with one attached hydrogen (secondary N) is 3. The van der Waals surface area contributed by atoms with Gasteiger partial charge in [-0.2, -0.15) is 5.10 Å². The number of anilines is 1. The topological polar surface area (TPSA) is 69.8 Å². The van der Waals surface area contributed by atoms with Crippen LogP contribution in [0.2, 0.25) is 0 Å². The van der Waals surface area contributed by atoms with Gasteiger partial charge in [0.05, 0.1) is 12.1 Å². The van der Waals surface area contributed by atoms with Crippen molar-refractivity contribution in [1.29, 1.82) is 0 Å². The van der Waals surface area contributed by atoms with Gasteiger partial charge in [0.1, 0.15) is 5.82 Å². The zero-order valence-electron chi connectivity index (χ0n) is 10.9. The number of carbonyl (C=O) groups excluding carboxylic acids is 1. The molecule has 1 aromatic carbocycles. The Morgan fingerprint density at radius 3 is 3.20 bits per heavy atom. The summed E-state index contributed by atoms with van der Waals surface area (Å²) in [5.74, 6) is 0.0601. The number of halogens is 1. The molecule has 0 unspecified atom stereocenters. The quantitative estimate of drug-likeness (QED) is 0.792. The third-order valence-electron chi connectivity index (χ3n) is 3.32. The van der Waals surface area contributed by atoms with E-state index in [9.17, 15) is 9.18 Å². The zero-order chi connectivity index (χ0) is 13.9. The van der Waals surface area contributed by atoms with E-state index in [2.05, 4.69) is 20.8 Å². The summed E-state index contributed by atoms with van der Waals surface area (Å²) in [5.41, 5.74) is 2.71. The zero-order valence-corrected chi connectivity index (χ0v) is 10.9. The summed E-state index contributed by atoms with van der Waals surface area (Å²) in [6.07, 6.45) is 0.971. The summed E-state index contributed by atoms with van der Waals surface area (Å²) >= 11 is 0. The second kappa shape index (κ2) is 5.42. The maximum absolute atomic E-state index is 13.1. The van der Waals surface area contributed by atoms with Crippen molar-refractivity contribution in [2.45, 2.75) is 19.4 Å². The fourth-order valence-electron chi connectivity index (χ4n) is 2.36. The predicted octanol–water partition coefficient (Wildman–Crippen LogP) is 1.38. The van der Waals surface area contributed by atoms with E-state index in [1.54, 1.807) is 12.1 Å². The third-order valence-corrected chi connectivity index (χ3v) is 3.32. The fourth-order valence-corrected chi connectivity index (χ4v) is 2.36. The SMILES string of the molecule is O=C(Cc1cccc(F)c1)Nc1n[nH]c2c1CCNC2. The lowest BCUT2D eigenvalue weighted by molar-refractivity contribution is -0.115. The van der Waals surface area contributed by atoms with Gasteiger partial charge in [-0.1, -0.05) is 12.1 Å². The Morgan fingerprint density at radius 2 is 2.35 bits per heavy atom. The number of carbonyl (C=O) groups is 1. The summed E-state index contributed by atoms with van der Waals surface area (Å²) < 4.78 is 13.1. The highest BCUT2D eigenvalue weighted by molar-refractivity contribution is 5.92. The molecule has 0 bridgehead atoms. The molecule has 3 rings (SSSR count). The highest BCUT2D eigenvalue weighted by atomic mass is 19.1. The first-order valence-corrected chi connectivity index (χ1v) is 6.53. The minimum Gasteiger partial charge on any atom is -0.311 e. The monoisotopic (exact) mass is 274 g/mol. The van der Waals surface area contributed by atoms with Gasteiger partial charge in [-0.15, -0.1) is 0 Å². The smallest absolute Gasteiger partial charge is 0.230 e. The van der Waals surface area contributed by atoms with Crippen molar-refractivity contribution in [3.63, 3.8) is 0 Å². The van der Waals surface area contributed by atoms with Crippen LogP contribution in [-0.4, -0.2) is 22.6 Å². The number of rotatable bonds is 3. The highest BCUT2D eigenvalue weighted by Crippen LogP contribution is 2.20. The number of aromatic nitrogens is 2. The largest absolute Gasteiger partial charge is 0.311 e. The second-order valence-corrected chi connectivity index (χ2v) is 4.81. The predicted molar refractivity (Wildman–Crippen MR) is 72.7 cm³/mol. The minimum absolute atomic E-state index is 0.137. The van der Waals surface area contributed by atoms with E-state index in [1.807, 2.05) is 0 Å². The molecule has 0 spiro atoms. The number of fused-ring (bicyclic) bond motifs is 1. The molecular formula is C14H15FN4O. The Kier molecular flexibility index (Phi) is 3.47. The molecular weight excluding hydrogens is 259 g/mol. The molecule has 1 aliphatic rings. The van der Waals surface area contributed by atoms with Crippen LogP contribution in [0.4, 0.5) is 10.2 Å². The first-order valence-electron chi connectivity index (χ1n) is 6.53. The third kappa shape index (κ3) is 2.70. The van der Waals surface area contributed by atoms with Crippen LogP contribution in [0.3, 0.4) is 0 Å². The molecule has 0 fully saturated rings. The Bertz CT molecular complexity index is 638. The number of hydrogen-bond donors (Lipinski definition) is 3. The Balaban J connectivity index is 1.69. The first-order chi connectivity index (χ1) is 9.72. The van der Waals surface area contributed by atoms with Gasteiger partial charge in [0.25, 0.3) is 0 Å². The van der Waals surface area contributed by atoms with Crippen LogP contribution in [-0.2, 0) is 24.2 Å². The highest BCUT2D eigenvalue weighted by Gasteiger charge is 2.18. The molecule has 2 heterocycles. The van der Waals surface area contributed by atoms with E-state index >= 15 is 0 Å². The van der Waals surface area contributed by atoms with E-state index in [1.165, 1.54) is 12.1 Å². The molecule has 20 heavy (non-hydrogen) atoms. The summed E-state index contributed by atoms with van der Waals surface area (Å²) in [5, 5.41) is 13.1. The molecule has 3 N–H and O–H groups in total. The maximum Gasteiger partial charge on any atom is 0.230 e. The number of aromatic amines is 1. The Hall–Kier alpha value is -2.21. The lowest BCUT2D eigenvalue weighted by atomic mass is 10.1. The van der Waals surface area contributed by atoms with Gasteiger partial charge in [0.2, 0.25) is 5.91 Å². The lowest BCUT2D eigenvalue weighted by Gasteiger charge is -2.13. The van der Waals surface area contributed by atoms with Crippen LogP contribution in [0.5, 0.6) is 0 Å². The Labute approximate surface area is 115 Å². The lowest BCUT2D eigenvalue weighted by Crippen LogP contribution is -2.24. The van der Waals surface area contributed by atoms with Crippen LogP contribution in [0, 0.1) is 5.82 Å². The maximum atomic E-state index is 13.1. The number of hydrogen-bond acceptors (Lipinski definition) is 3. The van der Waals surface area contributed by atoms with Gasteiger partial charge in [0.15, 0.2) is 5.82 Å². The van der Waals surface area contributed by atoms with Gasteiger partial charge in [-0.25, -0.2) is 4.39 Å². The molecule has 0 radical (unpaired) electrons. The van der Waals surface area contributed by atoms with Gasteiger partial charge < -0.3 is 10.6 Å². The number of benzene rings is 1. The van der Waals surface area contributed by atoms with Crippen molar-refractivity contribution in [2.24, 2.45) is 0 Å². The summed E-state index contributed by atoms with van der Waals surface area (Å²) in [7, 11) is 0. The molecule has 0 saturated carbocycles. The van der Waals surface area contributed by atoms with Crippen molar-refractivity contribution in [2.75, 3.05) is 11.9 Å². The van der Waals surface area contributed by atoms with E-state index < -0.39 is 0 Å². The van der Waals surface area contributed by atoms with Gasteiger partial charge in [-0.05, 0) is 30.7 Å². The number of H-pyrrole nitrogens is 1. The van der Waals surface area contributed by atoms with Crippen LogP contribution < -0.4 is 10.6 Å². The van der Waals surface area contributed by atoms with E-state index in [0.29, 0.717) is 11.4 Å². The molecule has 0 saturated heterocycles. The minimum atomic E-state index is -0.335. The molecule has 1 aromatic heterocycles. The molecule has 1 amide bonds. The average molecular weight is 274 g/mol. The van der Waals surface area contributed by atoms with Crippen molar-refractivity contribution in [1.82, 2.24) is 15.5 Å². The van der Waals surface area contributed by atoms with Gasteiger partial charge in [-0.3, -0.25) is 9.89 Å². The molecule has 104 valence electrons. The van der Waals surface area contributed by atoms with Crippen LogP contribution in [0.25, 0.3) is 0 Å². The molecule has 0 aliphatic carbocycles. The van der Waals surface area contributed by atoms with Crippen LogP contribution >= 0.6 is 0 Å². The summed E-state index contributed by atoms with van der Waals surface area (Å²) in [6.45, 7) is 1.61. The van der Waals surface area contributed by atoms with Crippen molar-refractivity contribution in [3.05, 3.63) is 46.9 Å². The molecule has 0 atom stereocenters. The number of nitrogens with zero attached hydrogens (tertiary/aromatic N) is 1. The summed E-state index contributed by atoms with van der Waals surface area (Å²) in [6, 6.07) is 6.05. The number of amides is 1.